The number of hydrogen-bond acceptors (Lipinski definition) is 4. The minimum Gasteiger partial charge on any atom is -0.476 e. The maximum atomic E-state index is 13.6. The molecule has 2 N–H and O–H groups in total. The summed E-state index contributed by atoms with van der Waals surface area (Å²) in [5.74, 6) is -4.20. The molecule has 31 heavy (non-hydrogen) atoms. The Morgan fingerprint density at radius 1 is 1.06 bits per heavy atom. The van der Waals surface area contributed by atoms with Gasteiger partial charge in [0.05, 0.1) is 21.8 Å². The molecular formula is C20H11ClF4N2O4. The van der Waals surface area contributed by atoms with Gasteiger partial charge in [-0.15, -0.1) is 0 Å². The second-order valence-electron chi connectivity index (χ2n) is 6.01. The van der Waals surface area contributed by atoms with Crippen LogP contribution in [0.1, 0.15) is 26.4 Å². The number of carbonyl (C=O) groups excluding carboxylic acids is 1. The molecule has 6 nitrogen and oxygen atoms in total. The van der Waals surface area contributed by atoms with Gasteiger partial charge in [0, 0.05) is 6.20 Å². The number of pyridine rings is 1. The Balaban J connectivity index is 2.09. The van der Waals surface area contributed by atoms with E-state index in [0.717, 1.165) is 36.5 Å². The number of ether oxygens (including phenoxy) is 1. The molecule has 11 heteroatoms. The summed E-state index contributed by atoms with van der Waals surface area (Å²) >= 11 is 5.87. The van der Waals surface area contributed by atoms with Crippen LogP contribution in [0, 0.1) is 5.82 Å². The summed E-state index contributed by atoms with van der Waals surface area (Å²) in [6.07, 6.45) is -3.79. The largest absolute Gasteiger partial charge is 0.476 e. The molecule has 0 unspecified atom stereocenters. The fourth-order valence-corrected chi connectivity index (χ4v) is 2.83. The molecule has 1 heterocycles. The summed E-state index contributed by atoms with van der Waals surface area (Å²) in [5.41, 5.74) is -3.13. The van der Waals surface area contributed by atoms with Crippen molar-refractivity contribution >= 4 is 29.2 Å². The summed E-state index contributed by atoms with van der Waals surface area (Å²) in [7, 11) is 0. The normalized spacial score (nSPS) is 11.1. The number of anilines is 1. The van der Waals surface area contributed by atoms with E-state index in [1.807, 2.05) is 0 Å². The minimum atomic E-state index is -4.94. The summed E-state index contributed by atoms with van der Waals surface area (Å²) in [6, 6.07) is 8.18. The zero-order chi connectivity index (χ0) is 22.8. The number of hydrogen-bond donors (Lipinski definition) is 2. The Morgan fingerprint density at radius 3 is 2.45 bits per heavy atom. The first kappa shape index (κ1) is 22.0. The Hall–Kier alpha value is -3.66. The van der Waals surface area contributed by atoms with Gasteiger partial charge in [-0.05, 0) is 42.5 Å². The number of rotatable bonds is 5. The smallest absolute Gasteiger partial charge is 0.417 e. The molecule has 0 saturated heterocycles. The van der Waals surface area contributed by atoms with E-state index in [-0.39, 0.29) is 16.5 Å². The fourth-order valence-electron chi connectivity index (χ4n) is 2.62. The van der Waals surface area contributed by atoms with E-state index in [1.165, 1.54) is 12.1 Å². The van der Waals surface area contributed by atoms with Gasteiger partial charge in [-0.3, -0.25) is 4.79 Å². The third kappa shape index (κ3) is 4.92. The van der Waals surface area contributed by atoms with Crippen molar-refractivity contribution in [2.45, 2.75) is 6.18 Å². The average molecular weight is 455 g/mol. The van der Waals surface area contributed by atoms with Crippen LogP contribution in [0.3, 0.4) is 0 Å². The van der Waals surface area contributed by atoms with E-state index >= 15 is 0 Å². The molecule has 0 radical (unpaired) electrons. The van der Waals surface area contributed by atoms with Crippen LogP contribution < -0.4 is 10.1 Å². The van der Waals surface area contributed by atoms with E-state index in [1.54, 1.807) is 0 Å². The van der Waals surface area contributed by atoms with E-state index in [4.69, 9.17) is 16.3 Å². The minimum absolute atomic E-state index is 0.191. The molecule has 3 rings (SSSR count). The monoisotopic (exact) mass is 454 g/mol. The Morgan fingerprint density at radius 2 is 1.81 bits per heavy atom. The molecule has 1 aromatic heterocycles. The van der Waals surface area contributed by atoms with Crippen LogP contribution >= 0.6 is 11.6 Å². The molecule has 0 fully saturated rings. The van der Waals surface area contributed by atoms with Gasteiger partial charge in [0.2, 0.25) is 0 Å². The number of halogens is 5. The summed E-state index contributed by atoms with van der Waals surface area (Å²) in [5, 5.41) is 11.1. The Kier molecular flexibility index (Phi) is 6.11. The van der Waals surface area contributed by atoms with E-state index < -0.39 is 46.4 Å². The number of benzene rings is 2. The molecule has 0 aliphatic heterocycles. The molecule has 0 saturated carbocycles. The van der Waals surface area contributed by atoms with Crippen molar-refractivity contribution in [3.05, 3.63) is 82.4 Å². The second-order valence-corrected chi connectivity index (χ2v) is 6.42. The SMILES string of the molecule is O=C(O)c1ncccc1NC(=O)c1c(Oc2ccc(F)cc2Cl)cccc1C(F)(F)F. The van der Waals surface area contributed by atoms with Gasteiger partial charge in [-0.1, -0.05) is 17.7 Å². The number of nitrogens with one attached hydrogen (secondary N) is 1. The molecular weight excluding hydrogens is 444 g/mol. The van der Waals surface area contributed by atoms with Gasteiger partial charge in [0.1, 0.15) is 17.3 Å². The predicted molar refractivity (Wildman–Crippen MR) is 102 cm³/mol. The number of aromatic nitrogens is 1. The van der Waals surface area contributed by atoms with Crippen molar-refractivity contribution in [2.75, 3.05) is 5.32 Å². The fraction of sp³-hybridized carbons (Fsp3) is 0.0500. The second kappa shape index (κ2) is 8.60. The average Bonchev–Trinajstić information content (AvgIpc) is 2.69. The molecule has 0 aliphatic rings. The van der Waals surface area contributed by atoms with Crippen LogP contribution in [-0.4, -0.2) is 22.0 Å². The van der Waals surface area contributed by atoms with Gasteiger partial charge >= 0.3 is 12.1 Å². The van der Waals surface area contributed by atoms with Crippen molar-refractivity contribution in [1.82, 2.24) is 4.98 Å². The quantitative estimate of drug-likeness (QED) is 0.487. The highest BCUT2D eigenvalue weighted by Gasteiger charge is 2.37. The van der Waals surface area contributed by atoms with Crippen LogP contribution in [0.2, 0.25) is 5.02 Å². The van der Waals surface area contributed by atoms with Crippen LogP contribution in [0.15, 0.2) is 54.7 Å². The first-order valence-corrected chi connectivity index (χ1v) is 8.78. The zero-order valence-corrected chi connectivity index (χ0v) is 16.0. The van der Waals surface area contributed by atoms with E-state index in [0.29, 0.717) is 6.07 Å². The topological polar surface area (TPSA) is 88.5 Å². The Bertz CT molecular complexity index is 1170. The molecule has 0 atom stereocenters. The molecule has 0 bridgehead atoms. The highest BCUT2D eigenvalue weighted by Crippen LogP contribution is 2.39. The number of carboxylic acid groups (broad SMARTS) is 1. The van der Waals surface area contributed by atoms with Gasteiger partial charge in [0.15, 0.2) is 5.69 Å². The lowest BCUT2D eigenvalue weighted by Gasteiger charge is -2.18. The third-order valence-corrected chi connectivity index (χ3v) is 4.23. The standard InChI is InChI=1S/C20H11ClF4N2O4/c21-12-9-10(22)6-7-14(12)31-15-5-1-3-11(20(23,24)25)16(15)18(28)27-13-4-2-8-26-17(13)19(29)30/h1-9H,(H,27,28)(H,29,30). The Labute approximate surface area is 177 Å². The number of alkyl halides is 3. The van der Waals surface area contributed by atoms with Gasteiger partial charge in [-0.2, -0.15) is 13.2 Å². The van der Waals surface area contributed by atoms with Crippen molar-refractivity contribution in [1.29, 1.82) is 0 Å². The van der Waals surface area contributed by atoms with E-state index in [9.17, 15) is 32.3 Å². The number of carboxylic acids is 1. The van der Waals surface area contributed by atoms with Crippen LogP contribution in [0.4, 0.5) is 23.2 Å². The van der Waals surface area contributed by atoms with Gasteiger partial charge in [0.25, 0.3) is 5.91 Å². The molecule has 0 spiro atoms. The van der Waals surface area contributed by atoms with Crippen LogP contribution in [0.25, 0.3) is 0 Å². The van der Waals surface area contributed by atoms with Crippen molar-refractivity contribution < 1.29 is 37.0 Å². The molecule has 160 valence electrons. The molecule has 1 amide bonds. The van der Waals surface area contributed by atoms with Gasteiger partial charge in [-0.25, -0.2) is 14.2 Å². The van der Waals surface area contributed by atoms with Crippen molar-refractivity contribution in [3.63, 3.8) is 0 Å². The third-order valence-electron chi connectivity index (χ3n) is 3.93. The maximum Gasteiger partial charge on any atom is 0.417 e. The highest BCUT2D eigenvalue weighted by molar-refractivity contribution is 6.32. The molecule has 0 aliphatic carbocycles. The first-order valence-electron chi connectivity index (χ1n) is 8.40. The number of nitrogens with zero attached hydrogens (tertiary/aromatic N) is 1. The van der Waals surface area contributed by atoms with Crippen LogP contribution in [-0.2, 0) is 6.18 Å². The molecule has 3 aromatic rings. The first-order chi connectivity index (χ1) is 14.6. The maximum absolute atomic E-state index is 13.6. The lowest BCUT2D eigenvalue weighted by molar-refractivity contribution is -0.138. The van der Waals surface area contributed by atoms with E-state index in [2.05, 4.69) is 10.3 Å². The zero-order valence-electron chi connectivity index (χ0n) is 15.2. The predicted octanol–water partition coefficient (Wildman–Crippen LogP) is 5.64. The number of aromatic carboxylic acids is 1. The lowest BCUT2D eigenvalue weighted by atomic mass is 10.0. The highest BCUT2D eigenvalue weighted by atomic mass is 35.5. The number of amides is 1. The summed E-state index contributed by atoms with van der Waals surface area (Å²) in [6.45, 7) is 0. The summed E-state index contributed by atoms with van der Waals surface area (Å²) in [4.78, 5) is 27.7. The summed E-state index contributed by atoms with van der Waals surface area (Å²) < 4.78 is 59.4. The van der Waals surface area contributed by atoms with Crippen LogP contribution in [0.5, 0.6) is 11.5 Å². The number of carbonyl (C=O) groups is 2. The lowest BCUT2D eigenvalue weighted by Crippen LogP contribution is -2.21. The van der Waals surface area contributed by atoms with Crippen molar-refractivity contribution in [3.8, 4) is 11.5 Å². The molecule has 2 aromatic carbocycles. The van der Waals surface area contributed by atoms with Crippen molar-refractivity contribution in [2.24, 2.45) is 0 Å². The van der Waals surface area contributed by atoms with Gasteiger partial charge < -0.3 is 15.2 Å².